The summed E-state index contributed by atoms with van der Waals surface area (Å²) >= 11 is 0. The Hall–Kier alpha value is -0.120. The van der Waals surface area contributed by atoms with Crippen LogP contribution in [0.5, 0.6) is 0 Å². The Labute approximate surface area is 95.0 Å². The van der Waals surface area contributed by atoms with Gasteiger partial charge in [0.1, 0.15) is 0 Å². The van der Waals surface area contributed by atoms with Gasteiger partial charge >= 0.3 is 0 Å². The molecule has 0 aromatic heterocycles. The van der Waals surface area contributed by atoms with Gasteiger partial charge in [0, 0.05) is 6.04 Å². The third-order valence-corrected chi connectivity index (χ3v) is 2.66. The molecule has 0 saturated carbocycles. The summed E-state index contributed by atoms with van der Waals surface area (Å²) in [6.07, 6.45) is 8.39. The van der Waals surface area contributed by atoms with Crippen LogP contribution in [-0.2, 0) is 0 Å². The number of nitrogens with two attached hydrogens (primary N) is 2. The van der Waals surface area contributed by atoms with Gasteiger partial charge in [-0.1, -0.05) is 19.8 Å². The summed E-state index contributed by atoms with van der Waals surface area (Å²) in [5.74, 6) is 0. The normalized spacial score (nSPS) is 13.0. The first-order valence-electron chi connectivity index (χ1n) is 6.47. The van der Waals surface area contributed by atoms with Crippen LogP contribution in [0.4, 0.5) is 0 Å². The highest BCUT2D eigenvalue weighted by Gasteiger charge is 2.00. The van der Waals surface area contributed by atoms with Gasteiger partial charge in [-0.2, -0.15) is 0 Å². The Morgan fingerprint density at radius 1 is 1.00 bits per heavy atom. The molecule has 0 saturated heterocycles. The summed E-state index contributed by atoms with van der Waals surface area (Å²) < 4.78 is 0. The molecule has 3 nitrogen and oxygen atoms in total. The van der Waals surface area contributed by atoms with Crippen LogP contribution in [0.2, 0.25) is 0 Å². The van der Waals surface area contributed by atoms with E-state index in [0.29, 0.717) is 6.04 Å². The Morgan fingerprint density at radius 2 is 1.67 bits per heavy atom. The minimum absolute atomic E-state index is 0.413. The molecule has 0 aliphatic carbocycles. The lowest BCUT2D eigenvalue weighted by Gasteiger charge is -2.10. The monoisotopic (exact) mass is 215 g/mol. The van der Waals surface area contributed by atoms with Gasteiger partial charge in [0.25, 0.3) is 0 Å². The highest BCUT2D eigenvalue weighted by molar-refractivity contribution is 4.62. The third kappa shape index (κ3) is 11.8. The Balaban J connectivity index is 3.02. The van der Waals surface area contributed by atoms with Crippen molar-refractivity contribution in [3.8, 4) is 0 Å². The zero-order valence-corrected chi connectivity index (χ0v) is 10.3. The molecule has 92 valence electrons. The minimum atomic E-state index is 0.413. The SMILES string of the molecule is CCCCC(N)CCCNCCCCN. The second-order valence-electron chi connectivity index (χ2n) is 4.29. The zero-order chi connectivity index (χ0) is 11.4. The smallest absolute Gasteiger partial charge is 0.00392 e. The van der Waals surface area contributed by atoms with E-state index < -0.39 is 0 Å². The van der Waals surface area contributed by atoms with E-state index in [9.17, 15) is 0 Å². The Kier molecular flexibility index (Phi) is 11.9. The summed E-state index contributed by atoms with van der Waals surface area (Å²) in [5, 5.41) is 3.42. The van der Waals surface area contributed by atoms with Crippen molar-refractivity contribution in [3.05, 3.63) is 0 Å². The van der Waals surface area contributed by atoms with Gasteiger partial charge in [-0.05, 0) is 51.7 Å². The average Bonchev–Trinajstić information content (AvgIpc) is 2.25. The number of unbranched alkanes of at least 4 members (excludes halogenated alkanes) is 2. The highest BCUT2D eigenvalue weighted by atomic mass is 14.8. The molecule has 0 fully saturated rings. The van der Waals surface area contributed by atoms with Crippen molar-refractivity contribution >= 4 is 0 Å². The summed E-state index contributed by atoms with van der Waals surface area (Å²) in [7, 11) is 0. The van der Waals surface area contributed by atoms with E-state index >= 15 is 0 Å². The van der Waals surface area contributed by atoms with Crippen LogP contribution in [-0.4, -0.2) is 25.7 Å². The van der Waals surface area contributed by atoms with Gasteiger partial charge in [-0.25, -0.2) is 0 Å². The van der Waals surface area contributed by atoms with Gasteiger partial charge in [-0.15, -0.1) is 0 Å². The molecular weight excluding hydrogens is 186 g/mol. The molecule has 3 heteroatoms. The van der Waals surface area contributed by atoms with E-state index in [0.717, 1.165) is 32.5 Å². The summed E-state index contributed by atoms with van der Waals surface area (Å²) in [6, 6.07) is 0.413. The molecule has 0 aromatic carbocycles. The van der Waals surface area contributed by atoms with Crippen LogP contribution in [0, 0.1) is 0 Å². The van der Waals surface area contributed by atoms with Crippen LogP contribution in [0.3, 0.4) is 0 Å². The lowest BCUT2D eigenvalue weighted by atomic mass is 10.1. The molecule has 0 aliphatic heterocycles. The quantitative estimate of drug-likeness (QED) is 0.459. The Morgan fingerprint density at radius 3 is 2.33 bits per heavy atom. The molecule has 5 N–H and O–H groups in total. The molecule has 1 unspecified atom stereocenters. The first-order chi connectivity index (χ1) is 7.31. The summed E-state index contributed by atoms with van der Waals surface area (Å²) in [5.41, 5.74) is 11.4. The van der Waals surface area contributed by atoms with Gasteiger partial charge < -0.3 is 16.8 Å². The van der Waals surface area contributed by atoms with Crippen molar-refractivity contribution in [3.63, 3.8) is 0 Å². The average molecular weight is 215 g/mol. The first-order valence-corrected chi connectivity index (χ1v) is 6.47. The lowest BCUT2D eigenvalue weighted by molar-refractivity contribution is 0.504. The van der Waals surface area contributed by atoms with E-state index in [-0.39, 0.29) is 0 Å². The Bertz CT molecular complexity index is 117. The molecule has 0 heterocycles. The van der Waals surface area contributed by atoms with Gasteiger partial charge in [-0.3, -0.25) is 0 Å². The van der Waals surface area contributed by atoms with E-state index in [4.69, 9.17) is 11.5 Å². The van der Waals surface area contributed by atoms with Crippen LogP contribution >= 0.6 is 0 Å². The topological polar surface area (TPSA) is 64.1 Å². The fraction of sp³-hybridized carbons (Fsp3) is 1.00. The maximum atomic E-state index is 5.98. The maximum Gasteiger partial charge on any atom is 0.00392 e. The van der Waals surface area contributed by atoms with Gasteiger partial charge in [0.05, 0.1) is 0 Å². The van der Waals surface area contributed by atoms with Crippen molar-refractivity contribution in [2.24, 2.45) is 11.5 Å². The lowest BCUT2D eigenvalue weighted by Crippen LogP contribution is -2.23. The molecule has 0 radical (unpaired) electrons. The second kappa shape index (κ2) is 12.0. The molecular formula is C12H29N3. The van der Waals surface area contributed by atoms with Crippen molar-refractivity contribution in [1.29, 1.82) is 0 Å². The molecule has 0 aromatic rings. The van der Waals surface area contributed by atoms with E-state index in [1.807, 2.05) is 0 Å². The van der Waals surface area contributed by atoms with Crippen LogP contribution in [0.25, 0.3) is 0 Å². The predicted molar refractivity (Wildman–Crippen MR) is 67.9 cm³/mol. The molecule has 0 spiro atoms. The number of hydrogen-bond donors (Lipinski definition) is 3. The largest absolute Gasteiger partial charge is 0.330 e. The molecule has 15 heavy (non-hydrogen) atoms. The second-order valence-corrected chi connectivity index (χ2v) is 4.29. The van der Waals surface area contributed by atoms with Crippen molar-refractivity contribution in [2.75, 3.05) is 19.6 Å². The van der Waals surface area contributed by atoms with E-state index in [1.165, 1.54) is 32.1 Å². The molecule has 0 bridgehead atoms. The molecule has 1 atom stereocenters. The fourth-order valence-electron chi connectivity index (χ4n) is 1.62. The van der Waals surface area contributed by atoms with Gasteiger partial charge in [0.2, 0.25) is 0 Å². The van der Waals surface area contributed by atoms with Crippen LogP contribution in [0.15, 0.2) is 0 Å². The maximum absolute atomic E-state index is 5.98. The minimum Gasteiger partial charge on any atom is -0.330 e. The number of rotatable bonds is 11. The van der Waals surface area contributed by atoms with Crippen molar-refractivity contribution in [2.45, 2.75) is 57.9 Å². The standard InChI is InChI=1S/C12H29N3/c1-2-3-7-12(14)8-6-11-15-10-5-4-9-13/h12,15H,2-11,13-14H2,1H3. The molecule has 0 amide bonds. The molecule has 0 rings (SSSR count). The number of hydrogen-bond acceptors (Lipinski definition) is 3. The van der Waals surface area contributed by atoms with E-state index in [1.54, 1.807) is 0 Å². The molecule has 0 aliphatic rings. The van der Waals surface area contributed by atoms with Gasteiger partial charge in [0.15, 0.2) is 0 Å². The van der Waals surface area contributed by atoms with E-state index in [2.05, 4.69) is 12.2 Å². The van der Waals surface area contributed by atoms with Crippen LogP contribution in [0.1, 0.15) is 51.9 Å². The van der Waals surface area contributed by atoms with Crippen LogP contribution < -0.4 is 16.8 Å². The van der Waals surface area contributed by atoms with Crippen molar-refractivity contribution in [1.82, 2.24) is 5.32 Å². The fourth-order valence-corrected chi connectivity index (χ4v) is 1.62. The van der Waals surface area contributed by atoms with Crippen molar-refractivity contribution < 1.29 is 0 Å². The summed E-state index contributed by atoms with van der Waals surface area (Å²) in [4.78, 5) is 0. The summed E-state index contributed by atoms with van der Waals surface area (Å²) in [6.45, 7) is 5.22. The number of nitrogens with one attached hydrogen (secondary N) is 1. The highest BCUT2D eigenvalue weighted by Crippen LogP contribution is 2.03. The zero-order valence-electron chi connectivity index (χ0n) is 10.3. The third-order valence-electron chi connectivity index (χ3n) is 2.66. The first kappa shape index (κ1) is 14.9. The predicted octanol–water partition coefficient (Wildman–Crippen LogP) is 1.61.